The van der Waals surface area contributed by atoms with Gasteiger partial charge in [0.25, 0.3) is 0 Å². The van der Waals surface area contributed by atoms with E-state index >= 15 is 0 Å². The van der Waals surface area contributed by atoms with Crippen molar-refractivity contribution >= 4 is 5.78 Å². The minimum absolute atomic E-state index is 0.0382. The number of hydrogen-bond acceptors (Lipinski definition) is 3. The lowest BCUT2D eigenvalue weighted by atomic mass is 9.52. The summed E-state index contributed by atoms with van der Waals surface area (Å²) in [5, 5.41) is 11.3. The van der Waals surface area contributed by atoms with Crippen molar-refractivity contribution in [1.82, 2.24) is 0 Å². The molecule has 0 spiro atoms. The number of ether oxygens (including phenoxy) is 1. The predicted octanol–water partition coefficient (Wildman–Crippen LogP) is 4.12. The molecule has 1 aromatic carbocycles. The van der Waals surface area contributed by atoms with Crippen LogP contribution in [0, 0.1) is 23.2 Å². The Morgan fingerprint density at radius 2 is 2.08 bits per heavy atom. The second kappa shape index (κ2) is 5.57. The van der Waals surface area contributed by atoms with Gasteiger partial charge in [0.15, 0.2) is 5.78 Å². The number of aliphatic hydroxyl groups is 1. The summed E-state index contributed by atoms with van der Waals surface area (Å²) in [6.45, 7) is 6.01. The fraction of sp³-hybridized carbons (Fsp3) is 0.682. The van der Waals surface area contributed by atoms with Crippen LogP contribution in [0.5, 0.6) is 5.75 Å². The fourth-order valence-corrected chi connectivity index (χ4v) is 6.84. The first-order valence-corrected chi connectivity index (χ1v) is 9.72. The van der Waals surface area contributed by atoms with Crippen LogP contribution in [-0.4, -0.2) is 23.6 Å². The number of rotatable bonds is 2. The molecule has 3 aliphatic carbocycles. The van der Waals surface area contributed by atoms with Gasteiger partial charge >= 0.3 is 0 Å². The molecule has 0 saturated heterocycles. The number of fused-ring (bicyclic) bond motifs is 5. The van der Waals surface area contributed by atoms with Gasteiger partial charge in [-0.15, -0.1) is 0 Å². The van der Waals surface area contributed by atoms with Crippen LogP contribution in [0.3, 0.4) is 0 Å². The van der Waals surface area contributed by atoms with E-state index in [-0.39, 0.29) is 11.2 Å². The Hall–Kier alpha value is -1.35. The van der Waals surface area contributed by atoms with Crippen molar-refractivity contribution in [3.05, 3.63) is 29.3 Å². The summed E-state index contributed by atoms with van der Waals surface area (Å²) in [5.74, 6) is 2.86. The molecule has 3 nitrogen and oxygen atoms in total. The highest BCUT2D eigenvalue weighted by molar-refractivity contribution is 5.86. The summed E-state index contributed by atoms with van der Waals surface area (Å²) in [5.41, 5.74) is 1.49. The zero-order valence-corrected chi connectivity index (χ0v) is 15.8. The van der Waals surface area contributed by atoms with Crippen molar-refractivity contribution in [2.24, 2.45) is 23.2 Å². The lowest BCUT2D eigenvalue weighted by Crippen LogP contribution is -2.54. The zero-order valence-electron chi connectivity index (χ0n) is 15.8. The number of carbonyl (C=O) groups excluding carboxylic acids is 1. The van der Waals surface area contributed by atoms with Crippen molar-refractivity contribution in [3.63, 3.8) is 0 Å². The number of carbonyl (C=O) groups is 1. The van der Waals surface area contributed by atoms with Crippen molar-refractivity contribution < 1.29 is 14.6 Å². The maximum absolute atomic E-state index is 12.3. The summed E-state index contributed by atoms with van der Waals surface area (Å²) < 4.78 is 5.40. The van der Waals surface area contributed by atoms with Gasteiger partial charge in [-0.05, 0) is 86.0 Å². The molecule has 6 atom stereocenters. The van der Waals surface area contributed by atoms with E-state index in [1.54, 1.807) is 14.0 Å². The zero-order chi connectivity index (χ0) is 18.0. The number of Topliss-reactive ketones (excluding diaryl/α,β-unsaturated/α-hetero) is 1. The monoisotopic (exact) mass is 342 g/mol. The third-order valence-corrected chi connectivity index (χ3v) is 7.94. The maximum atomic E-state index is 12.3. The molecule has 0 amide bonds. The molecular formula is C22H30O3. The second-order valence-electron chi connectivity index (χ2n) is 8.95. The summed E-state index contributed by atoms with van der Waals surface area (Å²) in [7, 11) is 1.72. The Morgan fingerprint density at radius 3 is 2.76 bits per heavy atom. The topological polar surface area (TPSA) is 46.5 Å². The molecule has 4 rings (SSSR count). The highest BCUT2D eigenvalue weighted by atomic mass is 16.5. The maximum Gasteiger partial charge on any atom is 0.161 e. The summed E-state index contributed by atoms with van der Waals surface area (Å²) >= 11 is 0. The SMILES string of the molecule is COc1ccc2c(c1)CC[C@H]1[C@@H]3[C@H](C)C[C@](O)(C(C)=O)[C@@]3(C)CC[C@H]21. The van der Waals surface area contributed by atoms with Crippen LogP contribution in [0.4, 0.5) is 0 Å². The van der Waals surface area contributed by atoms with Gasteiger partial charge in [0.2, 0.25) is 0 Å². The average molecular weight is 342 g/mol. The number of methoxy groups -OCH3 is 1. The van der Waals surface area contributed by atoms with E-state index in [9.17, 15) is 9.90 Å². The molecule has 136 valence electrons. The Kier molecular flexibility index (Phi) is 3.81. The largest absolute Gasteiger partial charge is 0.497 e. The second-order valence-corrected chi connectivity index (χ2v) is 8.95. The lowest BCUT2D eigenvalue weighted by molar-refractivity contribution is -0.154. The van der Waals surface area contributed by atoms with Gasteiger partial charge < -0.3 is 9.84 Å². The molecule has 3 aliphatic rings. The molecule has 0 heterocycles. The third kappa shape index (κ3) is 2.17. The molecule has 3 heteroatoms. The molecular weight excluding hydrogens is 312 g/mol. The van der Waals surface area contributed by atoms with E-state index < -0.39 is 5.60 Å². The molecule has 0 bridgehead atoms. The molecule has 2 saturated carbocycles. The molecule has 25 heavy (non-hydrogen) atoms. The molecule has 0 aromatic heterocycles. The first kappa shape index (κ1) is 17.1. The fourth-order valence-electron chi connectivity index (χ4n) is 6.84. The van der Waals surface area contributed by atoms with Gasteiger partial charge in [-0.2, -0.15) is 0 Å². The predicted molar refractivity (Wildman–Crippen MR) is 97.8 cm³/mol. The van der Waals surface area contributed by atoms with Crippen molar-refractivity contribution in [3.8, 4) is 5.75 Å². The van der Waals surface area contributed by atoms with Crippen molar-refractivity contribution in [2.45, 2.75) is 64.4 Å². The highest BCUT2D eigenvalue weighted by Gasteiger charge is 2.65. The van der Waals surface area contributed by atoms with Gasteiger partial charge in [-0.1, -0.05) is 19.9 Å². The standard InChI is InChI=1S/C22H30O3/c1-13-12-22(24,14(2)23)21(3)10-9-18-17-8-6-16(25-4)11-15(17)5-7-19(18)20(13)21/h6,8,11,13,18-20,24H,5,7,9-10,12H2,1-4H3/t13-,18-,19-,20+,21+,22+/m1/s1. The van der Waals surface area contributed by atoms with Gasteiger partial charge in [-0.3, -0.25) is 4.79 Å². The van der Waals surface area contributed by atoms with Crippen LogP contribution in [0.2, 0.25) is 0 Å². The number of ketones is 1. The Balaban J connectivity index is 1.73. The van der Waals surface area contributed by atoms with E-state index in [2.05, 4.69) is 32.0 Å². The van der Waals surface area contributed by atoms with E-state index in [1.807, 2.05) is 0 Å². The van der Waals surface area contributed by atoms with Crippen molar-refractivity contribution in [2.75, 3.05) is 7.11 Å². The summed E-state index contributed by atoms with van der Waals surface area (Å²) in [6, 6.07) is 6.53. The summed E-state index contributed by atoms with van der Waals surface area (Å²) in [6.07, 6.45) is 4.86. The quantitative estimate of drug-likeness (QED) is 0.879. The Labute approximate surface area is 150 Å². The van der Waals surface area contributed by atoms with E-state index in [4.69, 9.17) is 4.74 Å². The van der Waals surface area contributed by atoms with Gasteiger partial charge in [0.05, 0.1) is 7.11 Å². The van der Waals surface area contributed by atoms with Crippen LogP contribution in [0.1, 0.15) is 63.5 Å². The van der Waals surface area contributed by atoms with Crippen LogP contribution >= 0.6 is 0 Å². The number of aryl methyl sites for hydroxylation is 1. The lowest BCUT2D eigenvalue weighted by Gasteiger charge is -2.53. The van der Waals surface area contributed by atoms with E-state index in [1.165, 1.54) is 11.1 Å². The smallest absolute Gasteiger partial charge is 0.161 e. The van der Waals surface area contributed by atoms with Crippen LogP contribution < -0.4 is 4.74 Å². The van der Waals surface area contributed by atoms with Crippen LogP contribution in [0.15, 0.2) is 18.2 Å². The van der Waals surface area contributed by atoms with Crippen molar-refractivity contribution in [1.29, 1.82) is 0 Å². The molecule has 0 radical (unpaired) electrons. The minimum Gasteiger partial charge on any atom is -0.497 e. The van der Waals surface area contributed by atoms with E-state index in [0.29, 0.717) is 30.1 Å². The molecule has 0 aliphatic heterocycles. The third-order valence-electron chi connectivity index (χ3n) is 7.94. The minimum atomic E-state index is -1.14. The van der Waals surface area contributed by atoms with Gasteiger partial charge in [-0.25, -0.2) is 0 Å². The Bertz CT molecular complexity index is 711. The number of benzene rings is 1. The van der Waals surface area contributed by atoms with Gasteiger partial charge in [0.1, 0.15) is 11.4 Å². The first-order chi connectivity index (χ1) is 11.8. The summed E-state index contributed by atoms with van der Waals surface area (Å²) in [4.78, 5) is 12.3. The molecule has 1 N–H and O–H groups in total. The van der Waals surface area contributed by atoms with Crippen LogP contribution in [0.25, 0.3) is 0 Å². The molecule has 0 unspecified atom stereocenters. The number of hydrogen-bond donors (Lipinski definition) is 1. The molecule has 2 fully saturated rings. The normalized spacial score (nSPS) is 42.3. The van der Waals surface area contributed by atoms with E-state index in [0.717, 1.165) is 31.4 Å². The van der Waals surface area contributed by atoms with Gasteiger partial charge in [0, 0.05) is 5.41 Å². The average Bonchev–Trinajstić information content (AvgIpc) is 2.81. The first-order valence-electron chi connectivity index (χ1n) is 9.72. The molecule has 1 aromatic rings. The highest BCUT2D eigenvalue weighted by Crippen LogP contribution is 2.66. The van der Waals surface area contributed by atoms with Crippen LogP contribution in [-0.2, 0) is 11.2 Å². The Morgan fingerprint density at radius 1 is 1.32 bits per heavy atom.